The van der Waals surface area contributed by atoms with E-state index in [1.54, 1.807) is 4.90 Å². The highest BCUT2D eigenvalue weighted by Gasteiger charge is 2.39. The number of benzene rings is 1. The van der Waals surface area contributed by atoms with Crippen LogP contribution in [0.15, 0.2) is 18.2 Å². The molecule has 3 saturated heterocycles. The lowest BCUT2D eigenvalue weighted by molar-refractivity contribution is -0.137. The molecule has 5 rings (SSSR count). The van der Waals surface area contributed by atoms with Crippen LogP contribution >= 0.6 is 0 Å². The van der Waals surface area contributed by atoms with Crippen LogP contribution in [-0.4, -0.2) is 96.2 Å². The van der Waals surface area contributed by atoms with E-state index in [2.05, 4.69) is 21.2 Å². The van der Waals surface area contributed by atoms with E-state index in [0.717, 1.165) is 56.9 Å². The largest absolute Gasteiger partial charge is 0.369 e. The zero-order valence-electron chi connectivity index (χ0n) is 19.4. The van der Waals surface area contributed by atoms with Gasteiger partial charge < -0.3 is 20.4 Å². The highest BCUT2D eigenvalue weighted by atomic mass is 16.2. The number of amides is 4. The van der Waals surface area contributed by atoms with Crippen LogP contribution in [0.5, 0.6) is 0 Å². The van der Waals surface area contributed by atoms with Crippen molar-refractivity contribution >= 4 is 29.3 Å². The molecule has 0 aliphatic carbocycles. The van der Waals surface area contributed by atoms with Crippen molar-refractivity contribution in [2.45, 2.75) is 44.3 Å². The summed E-state index contributed by atoms with van der Waals surface area (Å²) < 4.78 is 0. The Kier molecular flexibility index (Phi) is 6.26. The SMILES string of the molecule is N[C@H]1CCN(C(=O)CCN2CCN(c3ccc4c(c3)CN(C3CCC(=O)NC3=O)C4=O)CC2)C1. The van der Waals surface area contributed by atoms with Crippen LogP contribution in [0.1, 0.15) is 41.6 Å². The van der Waals surface area contributed by atoms with Crippen LogP contribution in [0.4, 0.5) is 5.69 Å². The molecule has 1 aromatic carbocycles. The van der Waals surface area contributed by atoms with E-state index in [0.29, 0.717) is 31.5 Å². The number of nitrogens with two attached hydrogens (primary N) is 1. The summed E-state index contributed by atoms with van der Waals surface area (Å²) in [5, 5.41) is 2.34. The van der Waals surface area contributed by atoms with Crippen LogP contribution in [0, 0.1) is 0 Å². The second-order valence-corrected chi connectivity index (χ2v) is 9.71. The first-order chi connectivity index (χ1) is 16.4. The van der Waals surface area contributed by atoms with Gasteiger partial charge in [0.05, 0.1) is 0 Å². The van der Waals surface area contributed by atoms with Crippen molar-refractivity contribution in [1.82, 2.24) is 20.0 Å². The van der Waals surface area contributed by atoms with Gasteiger partial charge in [-0.05, 0) is 36.6 Å². The van der Waals surface area contributed by atoms with Crippen LogP contribution < -0.4 is 16.0 Å². The molecule has 0 aromatic heterocycles. The van der Waals surface area contributed by atoms with Gasteiger partial charge in [0.1, 0.15) is 6.04 Å². The number of piperazine rings is 1. The molecule has 0 bridgehead atoms. The van der Waals surface area contributed by atoms with Crippen molar-refractivity contribution in [3.63, 3.8) is 0 Å². The Labute approximate surface area is 199 Å². The van der Waals surface area contributed by atoms with Crippen LogP contribution in [0.2, 0.25) is 0 Å². The molecule has 0 radical (unpaired) electrons. The topological polar surface area (TPSA) is 119 Å². The number of anilines is 1. The Morgan fingerprint density at radius 3 is 2.56 bits per heavy atom. The summed E-state index contributed by atoms with van der Waals surface area (Å²) >= 11 is 0. The van der Waals surface area contributed by atoms with E-state index in [1.807, 2.05) is 17.0 Å². The van der Waals surface area contributed by atoms with E-state index in [9.17, 15) is 19.2 Å². The van der Waals surface area contributed by atoms with Gasteiger partial charge in [0.2, 0.25) is 17.7 Å². The Hall–Kier alpha value is -2.98. The second kappa shape index (κ2) is 9.34. The maximum absolute atomic E-state index is 12.9. The van der Waals surface area contributed by atoms with Crippen molar-refractivity contribution in [2.24, 2.45) is 5.73 Å². The molecule has 3 fully saturated rings. The van der Waals surface area contributed by atoms with Gasteiger partial charge in [0.15, 0.2) is 0 Å². The molecule has 4 amide bonds. The first-order valence-corrected chi connectivity index (χ1v) is 12.2. The van der Waals surface area contributed by atoms with E-state index in [4.69, 9.17) is 5.73 Å². The maximum Gasteiger partial charge on any atom is 0.255 e. The zero-order chi connectivity index (χ0) is 23.8. The molecule has 3 N–H and O–H groups in total. The Balaban J connectivity index is 1.14. The predicted octanol–water partition coefficient (Wildman–Crippen LogP) is -0.481. The summed E-state index contributed by atoms with van der Waals surface area (Å²) in [6.07, 6.45) is 2.04. The first kappa shape index (κ1) is 22.8. The third kappa shape index (κ3) is 4.52. The fourth-order valence-corrected chi connectivity index (χ4v) is 5.41. The lowest BCUT2D eigenvalue weighted by atomic mass is 10.0. The Morgan fingerprint density at radius 2 is 1.85 bits per heavy atom. The van der Waals surface area contributed by atoms with Gasteiger partial charge in [-0.15, -0.1) is 0 Å². The number of hydrogen-bond acceptors (Lipinski definition) is 7. The lowest BCUT2D eigenvalue weighted by Gasteiger charge is -2.36. The lowest BCUT2D eigenvalue weighted by Crippen LogP contribution is -2.52. The van der Waals surface area contributed by atoms with Crippen LogP contribution in [-0.2, 0) is 20.9 Å². The smallest absolute Gasteiger partial charge is 0.255 e. The summed E-state index contributed by atoms with van der Waals surface area (Å²) in [6.45, 7) is 6.06. The van der Waals surface area contributed by atoms with Crippen LogP contribution in [0.3, 0.4) is 0 Å². The van der Waals surface area contributed by atoms with Gasteiger partial charge in [0.25, 0.3) is 5.91 Å². The molecule has 0 saturated carbocycles. The molecule has 34 heavy (non-hydrogen) atoms. The standard InChI is InChI=1S/C24H32N6O4/c25-17-5-8-29(15-17)22(32)6-7-27-9-11-28(12-10-27)18-1-2-19-16(13-18)14-30(24(19)34)20-3-4-21(31)26-23(20)33/h1-2,13,17,20H,3-12,14-15,25H2,(H,26,31,33)/t17-,20?/m0/s1. The minimum Gasteiger partial charge on any atom is -0.369 e. The van der Waals surface area contributed by atoms with Crippen LogP contribution in [0.25, 0.3) is 0 Å². The van der Waals surface area contributed by atoms with E-state index >= 15 is 0 Å². The number of nitrogens with zero attached hydrogens (tertiary/aromatic N) is 4. The first-order valence-electron chi connectivity index (χ1n) is 12.2. The number of piperidine rings is 1. The number of rotatable bonds is 5. The highest BCUT2D eigenvalue weighted by Crippen LogP contribution is 2.31. The fraction of sp³-hybridized carbons (Fsp3) is 0.583. The normalized spacial score (nSPS) is 25.7. The van der Waals surface area contributed by atoms with E-state index < -0.39 is 6.04 Å². The minimum atomic E-state index is -0.594. The fourth-order valence-electron chi connectivity index (χ4n) is 5.41. The molecule has 4 aliphatic rings. The van der Waals surface area contributed by atoms with Gasteiger partial charge >= 0.3 is 0 Å². The minimum absolute atomic E-state index is 0.117. The molecule has 182 valence electrons. The molecular weight excluding hydrogens is 436 g/mol. The maximum atomic E-state index is 12.9. The molecule has 1 aromatic rings. The Morgan fingerprint density at radius 1 is 1.06 bits per heavy atom. The van der Waals surface area contributed by atoms with Gasteiger partial charge in [-0.25, -0.2) is 0 Å². The molecular formula is C24H32N6O4. The predicted molar refractivity (Wildman–Crippen MR) is 125 cm³/mol. The summed E-state index contributed by atoms with van der Waals surface area (Å²) in [7, 11) is 0. The number of imide groups is 1. The van der Waals surface area contributed by atoms with Crippen molar-refractivity contribution in [3.8, 4) is 0 Å². The van der Waals surface area contributed by atoms with E-state index in [-0.39, 0.29) is 36.1 Å². The quantitative estimate of drug-likeness (QED) is 0.560. The molecule has 2 atom stereocenters. The van der Waals surface area contributed by atoms with Crippen molar-refractivity contribution in [2.75, 3.05) is 50.7 Å². The summed E-state index contributed by atoms with van der Waals surface area (Å²) in [6, 6.07) is 5.40. The van der Waals surface area contributed by atoms with Crippen molar-refractivity contribution < 1.29 is 19.2 Å². The second-order valence-electron chi connectivity index (χ2n) is 9.71. The molecule has 1 unspecified atom stereocenters. The number of carbonyl (C=O) groups excluding carboxylic acids is 4. The summed E-state index contributed by atoms with van der Waals surface area (Å²) in [5.41, 5.74) is 8.53. The molecule has 10 heteroatoms. The monoisotopic (exact) mass is 468 g/mol. The molecule has 0 spiro atoms. The number of fused-ring (bicyclic) bond motifs is 1. The van der Waals surface area contributed by atoms with Crippen molar-refractivity contribution in [1.29, 1.82) is 0 Å². The third-order valence-electron chi connectivity index (χ3n) is 7.46. The number of nitrogens with one attached hydrogen (secondary N) is 1. The highest BCUT2D eigenvalue weighted by molar-refractivity contribution is 6.05. The third-order valence-corrected chi connectivity index (χ3v) is 7.46. The van der Waals surface area contributed by atoms with Crippen molar-refractivity contribution in [3.05, 3.63) is 29.3 Å². The molecule has 4 aliphatic heterocycles. The summed E-state index contributed by atoms with van der Waals surface area (Å²) in [4.78, 5) is 57.1. The number of hydrogen-bond donors (Lipinski definition) is 2. The van der Waals surface area contributed by atoms with Gasteiger partial charge in [-0.2, -0.15) is 0 Å². The number of carbonyl (C=O) groups is 4. The van der Waals surface area contributed by atoms with E-state index in [1.165, 1.54) is 0 Å². The number of likely N-dealkylation sites (tertiary alicyclic amines) is 1. The molecule has 4 heterocycles. The average molecular weight is 469 g/mol. The molecule has 10 nitrogen and oxygen atoms in total. The van der Waals surface area contributed by atoms with Gasteiger partial charge in [0, 0.05) is 82.5 Å². The van der Waals surface area contributed by atoms with Gasteiger partial charge in [-0.1, -0.05) is 0 Å². The average Bonchev–Trinajstić information content (AvgIpc) is 3.41. The summed E-state index contributed by atoms with van der Waals surface area (Å²) in [5.74, 6) is -0.625. The Bertz CT molecular complexity index is 1010. The van der Waals surface area contributed by atoms with Gasteiger partial charge in [-0.3, -0.25) is 29.4 Å². The zero-order valence-corrected chi connectivity index (χ0v) is 19.4.